The highest BCUT2D eigenvalue weighted by molar-refractivity contribution is 7.90. The summed E-state index contributed by atoms with van der Waals surface area (Å²) in [5.74, 6) is 0.352. The topological polar surface area (TPSA) is 51.8 Å². The van der Waals surface area contributed by atoms with E-state index in [1.54, 1.807) is 30.0 Å². The van der Waals surface area contributed by atoms with E-state index in [1.807, 2.05) is 0 Å². The van der Waals surface area contributed by atoms with Crippen molar-refractivity contribution in [2.75, 3.05) is 12.0 Å². The molecule has 2 rings (SSSR count). The first-order valence-electron chi connectivity index (χ1n) is 6.16. The summed E-state index contributed by atoms with van der Waals surface area (Å²) in [6.45, 7) is 1.80. The highest BCUT2D eigenvalue weighted by Crippen LogP contribution is 2.38. The highest BCUT2D eigenvalue weighted by Gasteiger charge is 2.36. The number of nitrogens with zero attached hydrogens (tertiary/aromatic N) is 2. The first-order chi connectivity index (χ1) is 9.75. The molecule has 0 aliphatic carbocycles. The lowest BCUT2D eigenvalue weighted by Crippen LogP contribution is -2.16. The molecule has 2 atom stereocenters. The van der Waals surface area contributed by atoms with Gasteiger partial charge in [-0.15, -0.1) is 0 Å². The smallest absolute Gasteiger partial charge is 0.418 e. The van der Waals surface area contributed by atoms with Crippen LogP contribution < -0.4 is 0 Å². The monoisotopic (exact) mass is 314 g/mol. The van der Waals surface area contributed by atoms with Crippen molar-refractivity contribution < 1.29 is 17.7 Å². The van der Waals surface area contributed by atoms with Crippen molar-refractivity contribution in [1.29, 1.82) is 5.26 Å². The molecule has 0 spiro atoms. The zero-order valence-corrected chi connectivity index (χ0v) is 12.3. The van der Waals surface area contributed by atoms with Crippen LogP contribution in [-0.4, -0.2) is 21.1 Å². The quantitative estimate of drug-likeness (QED) is 0.815. The van der Waals surface area contributed by atoms with Crippen LogP contribution in [0.4, 0.5) is 13.2 Å². The molecule has 112 valence electrons. The van der Waals surface area contributed by atoms with Crippen LogP contribution in [0.2, 0.25) is 0 Å². The van der Waals surface area contributed by atoms with Gasteiger partial charge in [-0.25, -0.2) is 0 Å². The van der Waals surface area contributed by atoms with E-state index in [2.05, 4.69) is 0 Å². The molecule has 0 saturated heterocycles. The molecule has 1 heterocycles. The van der Waals surface area contributed by atoms with Gasteiger partial charge in [0, 0.05) is 17.1 Å². The van der Waals surface area contributed by atoms with E-state index in [0.29, 0.717) is 11.3 Å². The lowest BCUT2D eigenvalue weighted by atomic mass is 10.0. The van der Waals surface area contributed by atoms with E-state index in [4.69, 9.17) is 5.26 Å². The van der Waals surface area contributed by atoms with Crippen LogP contribution >= 0.6 is 0 Å². The normalized spacial score (nSPS) is 14.9. The third-order valence-electron chi connectivity index (χ3n) is 3.26. The summed E-state index contributed by atoms with van der Waals surface area (Å²) in [6.07, 6.45) is -1.50. The number of hydrogen-bond acceptors (Lipinski definition) is 2. The molecule has 0 amide bonds. The average molecular weight is 314 g/mol. The zero-order valence-electron chi connectivity index (χ0n) is 11.4. The van der Waals surface area contributed by atoms with Crippen molar-refractivity contribution in [1.82, 2.24) is 4.57 Å². The van der Waals surface area contributed by atoms with E-state index in [1.165, 1.54) is 18.2 Å². The molecule has 2 unspecified atom stereocenters. The van der Waals surface area contributed by atoms with Gasteiger partial charge in [0.25, 0.3) is 0 Å². The predicted molar refractivity (Wildman–Crippen MR) is 75.3 cm³/mol. The molecule has 0 N–H and O–H groups in total. The molecule has 0 aliphatic rings. The summed E-state index contributed by atoms with van der Waals surface area (Å²) in [6, 6.07) is 5.43. The Morgan fingerprint density at radius 2 is 2.05 bits per heavy atom. The van der Waals surface area contributed by atoms with Crippen molar-refractivity contribution in [2.24, 2.45) is 0 Å². The van der Waals surface area contributed by atoms with Gasteiger partial charge in [-0.05, 0) is 25.1 Å². The summed E-state index contributed by atoms with van der Waals surface area (Å²) in [7, 11) is 0. The highest BCUT2D eigenvalue weighted by atomic mass is 32.2. The second-order valence-electron chi connectivity index (χ2n) is 4.84. The lowest BCUT2D eigenvalue weighted by molar-refractivity contribution is -0.136. The van der Waals surface area contributed by atoms with E-state index < -0.39 is 22.9 Å². The van der Waals surface area contributed by atoms with E-state index in [0.717, 1.165) is 0 Å². The molecular weight excluding hydrogens is 301 g/mol. The van der Waals surface area contributed by atoms with Crippen molar-refractivity contribution in [3.05, 3.63) is 35.5 Å². The summed E-state index contributed by atoms with van der Waals surface area (Å²) < 4.78 is 52.5. The Hall–Kier alpha value is -1.65. The molecule has 1 aromatic heterocycles. The van der Waals surface area contributed by atoms with Crippen LogP contribution in [0.1, 0.15) is 24.1 Å². The van der Waals surface area contributed by atoms with Gasteiger partial charge in [-0.3, -0.25) is 0 Å². The number of benzene rings is 1. The molecule has 0 radical (unpaired) electrons. The molecule has 0 saturated carbocycles. The largest absolute Gasteiger partial charge is 0.616 e. The van der Waals surface area contributed by atoms with Crippen LogP contribution in [0.25, 0.3) is 10.9 Å². The molecule has 3 nitrogen and oxygen atoms in total. The van der Waals surface area contributed by atoms with Gasteiger partial charge < -0.3 is 9.12 Å². The fraction of sp³-hybridized carbons (Fsp3) is 0.357. The summed E-state index contributed by atoms with van der Waals surface area (Å²) in [5.41, 5.74) is -0.912. The number of fused-ring (bicyclic) bond motifs is 1. The van der Waals surface area contributed by atoms with E-state index in [-0.39, 0.29) is 17.0 Å². The molecule has 21 heavy (non-hydrogen) atoms. The van der Waals surface area contributed by atoms with Crippen LogP contribution in [0, 0.1) is 11.3 Å². The lowest BCUT2D eigenvalue weighted by Gasteiger charge is -2.17. The van der Waals surface area contributed by atoms with Crippen molar-refractivity contribution >= 4 is 22.1 Å². The van der Waals surface area contributed by atoms with Gasteiger partial charge >= 0.3 is 6.18 Å². The van der Waals surface area contributed by atoms with Crippen LogP contribution in [0.5, 0.6) is 0 Å². The second-order valence-corrected chi connectivity index (χ2v) is 6.32. The number of rotatable bonds is 3. The summed E-state index contributed by atoms with van der Waals surface area (Å²) >= 11 is -1.05. The minimum atomic E-state index is -4.59. The number of alkyl halides is 3. The van der Waals surface area contributed by atoms with Crippen molar-refractivity contribution in [3.63, 3.8) is 0 Å². The number of nitriles is 1. The first-order valence-corrected chi connectivity index (χ1v) is 7.89. The van der Waals surface area contributed by atoms with Crippen LogP contribution in [-0.2, 0) is 17.4 Å². The number of hydrogen-bond donors (Lipinski definition) is 0. The Kier molecular flexibility index (Phi) is 4.21. The fourth-order valence-corrected chi connectivity index (χ4v) is 3.28. The van der Waals surface area contributed by atoms with Crippen molar-refractivity contribution in [3.8, 4) is 6.07 Å². The average Bonchev–Trinajstić information content (AvgIpc) is 2.78. The zero-order chi connectivity index (χ0) is 15.8. The third kappa shape index (κ3) is 3.01. The fourth-order valence-electron chi connectivity index (χ4n) is 2.44. The summed E-state index contributed by atoms with van der Waals surface area (Å²) in [4.78, 5) is 0. The standard InChI is InChI=1S/C14H13F3N2OS/c1-9(8-21(2)20)19-6-5-11-12(19)4-3-10(7-18)13(11)14(15,16)17/h3-6,9H,8H2,1-2H3. The maximum Gasteiger partial charge on any atom is 0.418 e. The second kappa shape index (κ2) is 5.62. The number of aromatic nitrogens is 1. The van der Waals surface area contributed by atoms with Gasteiger partial charge in [-0.2, -0.15) is 18.4 Å². The van der Waals surface area contributed by atoms with Crippen LogP contribution in [0.3, 0.4) is 0 Å². The Balaban J connectivity index is 2.64. The van der Waals surface area contributed by atoms with Gasteiger partial charge in [0.15, 0.2) is 0 Å². The van der Waals surface area contributed by atoms with Gasteiger partial charge in [0.2, 0.25) is 0 Å². The SMILES string of the molecule is CC(C[S+](C)[O-])n1ccc2c(C(F)(F)F)c(C#N)ccc21. The van der Waals surface area contributed by atoms with Gasteiger partial charge in [0.05, 0.1) is 29.5 Å². The minimum Gasteiger partial charge on any atom is -0.616 e. The maximum atomic E-state index is 13.2. The molecule has 0 fully saturated rings. The Bertz CT molecular complexity index is 701. The third-order valence-corrected chi connectivity index (χ3v) is 4.21. The van der Waals surface area contributed by atoms with E-state index in [9.17, 15) is 17.7 Å². The molecule has 0 bridgehead atoms. The molecule has 1 aromatic carbocycles. The molecular formula is C14H13F3N2OS. The van der Waals surface area contributed by atoms with Gasteiger partial charge in [0.1, 0.15) is 5.75 Å². The van der Waals surface area contributed by atoms with Gasteiger partial charge in [-0.1, -0.05) is 11.2 Å². The first kappa shape index (κ1) is 15.7. The maximum absolute atomic E-state index is 13.2. The van der Waals surface area contributed by atoms with E-state index >= 15 is 0 Å². The number of halogens is 3. The Labute approximate surface area is 123 Å². The summed E-state index contributed by atoms with van der Waals surface area (Å²) in [5, 5.41) is 8.87. The van der Waals surface area contributed by atoms with Crippen molar-refractivity contribution in [2.45, 2.75) is 19.1 Å². The molecule has 0 aliphatic heterocycles. The molecule has 2 aromatic rings. The predicted octanol–water partition coefficient (Wildman–Crippen LogP) is 3.47. The van der Waals surface area contributed by atoms with Crippen LogP contribution in [0.15, 0.2) is 24.4 Å². The Morgan fingerprint density at radius 1 is 1.38 bits per heavy atom. The Morgan fingerprint density at radius 3 is 2.57 bits per heavy atom. The molecule has 7 heteroatoms. The minimum absolute atomic E-state index is 0.00437.